The number of rotatable bonds is 6. The van der Waals surface area contributed by atoms with Gasteiger partial charge >= 0.3 is 4.87 Å². The molecule has 1 atom stereocenters. The van der Waals surface area contributed by atoms with E-state index in [1.807, 2.05) is 35.1 Å². The van der Waals surface area contributed by atoms with E-state index in [0.717, 1.165) is 23.6 Å². The summed E-state index contributed by atoms with van der Waals surface area (Å²) < 4.78 is 7.25. The Kier molecular flexibility index (Phi) is 5.20. The molecule has 0 aliphatic carbocycles. The number of hydrogen-bond acceptors (Lipinski definition) is 4. The van der Waals surface area contributed by atoms with Crippen LogP contribution >= 0.6 is 11.3 Å². The van der Waals surface area contributed by atoms with Gasteiger partial charge in [0.15, 0.2) is 0 Å². The van der Waals surface area contributed by atoms with Crippen LogP contribution < -0.4 is 9.61 Å². The van der Waals surface area contributed by atoms with Crippen molar-refractivity contribution >= 4 is 11.3 Å². The Bertz CT molecular complexity index is 648. The van der Waals surface area contributed by atoms with Gasteiger partial charge in [0.2, 0.25) is 0 Å². The predicted octanol–water partition coefficient (Wildman–Crippen LogP) is 2.92. The lowest BCUT2D eigenvalue weighted by molar-refractivity contribution is 0.244. The number of hydrogen-bond donors (Lipinski definition) is 0. The molecule has 4 nitrogen and oxygen atoms in total. The van der Waals surface area contributed by atoms with Crippen LogP contribution in [0.25, 0.3) is 0 Å². The molecule has 0 aliphatic rings. The van der Waals surface area contributed by atoms with Crippen molar-refractivity contribution in [2.24, 2.45) is 0 Å². The van der Waals surface area contributed by atoms with E-state index < -0.39 is 0 Å². The van der Waals surface area contributed by atoms with Crippen molar-refractivity contribution in [2.75, 3.05) is 20.7 Å². The highest BCUT2D eigenvalue weighted by Crippen LogP contribution is 2.27. The summed E-state index contributed by atoms with van der Waals surface area (Å²) in [6.45, 7) is 5.66. The average molecular weight is 306 g/mol. The van der Waals surface area contributed by atoms with Gasteiger partial charge in [0.05, 0.1) is 7.11 Å². The molecule has 5 heteroatoms. The lowest BCUT2D eigenvalue weighted by Gasteiger charge is -2.26. The molecular formula is C16H22N2O2S. The highest BCUT2D eigenvalue weighted by atomic mass is 32.1. The highest BCUT2D eigenvalue weighted by Gasteiger charge is 2.16. The Morgan fingerprint density at radius 2 is 2.10 bits per heavy atom. The molecule has 0 spiro atoms. The lowest BCUT2D eigenvalue weighted by Crippen LogP contribution is -2.29. The van der Waals surface area contributed by atoms with E-state index in [2.05, 4.69) is 24.9 Å². The third kappa shape index (κ3) is 3.54. The molecule has 0 saturated heterocycles. The zero-order valence-corrected chi connectivity index (χ0v) is 13.8. The zero-order chi connectivity index (χ0) is 15.4. The standard InChI is InChI=1S/C16H22N2O2S/c1-12-11-21-16(19)18(12)10-9-17(3)13(2)14-7-5-6-8-15(14)20-4/h5-8,11,13H,9-10H2,1-4H3. The monoisotopic (exact) mass is 306 g/mol. The van der Waals surface area contributed by atoms with Gasteiger partial charge in [0.1, 0.15) is 5.75 Å². The number of thiazole rings is 1. The van der Waals surface area contributed by atoms with Gasteiger partial charge < -0.3 is 9.30 Å². The normalized spacial score (nSPS) is 12.6. The first-order chi connectivity index (χ1) is 10.0. The third-order valence-corrected chi connectivity index (χ3v) is 4.78. The number of methoxy groups -OCH3 is 1. The molecule has 1 unspecified atom stereocenters. The van der Waals surface area contributed by atoms with E-state index in [-0.39, 0.29) is 10.9 Å². The Morgan fingerprint density at radius 1 is 1.38 bits per heavy atom. The van der Waals surface area contributed by atoms with Gasteiger partial charge in [0.25, 0.3) is 0 Å². The van der Waals surface area contributed by atoms with E-state index in [4.69, 9.17) is 4.74 Å². The molecule has 0 aliphatic heterocycles. The smallest absolute Gasteiger partial charge is 0.307 e. The average Bonchev–Trinajstić information content (AvgIpc) is 2.82. The van der Waals surface area contributed by atoms with Crippen molar-refractivity contribution in [3.8, 4) is 5.75 Å². The van der Waals surface area contributed by atoms with Crippen LogP contribution in [0.15, 0.2) is 34.4 Å². The maximum absolute atomic E-state index is 11.7. The number of para-hydroxylation sites is 1. The Labute approximate surface area is 129 Å². The quantitative estimate of drug-likeness (QED) is 0.823. The first kappa shape index (κ1) is 15.8. The van der Waals surface area contributed by atoms with E-state index in [1.54, 1.807) is 7.11 Å². The van der Waals surface area contributed by atoms with Crippen LogP contribution in [0.4, 0.5) is 0 Å². The molecule has 1 aromatic heterocycles. The molecule has 0 radical (unpaired) electrons. The van der Waals surface area contributed by atoms with Gasteiger partial charge in [-0.25, -0.2) is 0 Å². The predicted molar refractivity (Wildman–Crippen MR) is 87.4 cm³/mol. The molecule has 1 aromatic carbocycles. The van der Waals surface area contributed by atoms with Crippen molar-refractivity contribution < 1.29 is 4.74 Å². The van der Waals surface area contributed by atoms with E-state index in [0.29, 0.717) is 6.54 Å². The summed E-state index contributed by atoms with van der Waals surface area (Å²) >= 11 is 1.26. The summed E-state index contributed by atoms with van der Waals surface area (Å²) in [6.07, 6.45) is 0. The summed E-state index contributed by atoms with van der Waals surface area (Å²) in [5, 5.41) is 1.91. The molecule has 114 valence electrons. The number of aryl methyl sites for hydroxylation is 1. The van der Waals surface area contributed by atoms with Crippen LogP contribution in [0.2, 0.25) is 0 Å². The van der Waals surface area contributed by atoms with Crippen LogP contribution in [0, 0.1) is 6.92 Å². The molecule has 0 amide bonds. The SMILES string of the molecule is COc1ccccc1C(C)N(C)CCn1c(C)csc1=O. The van der Waals surface area contributed by atoms with Crippen LogP contribution in [0.5, 0.6) is 5.75 Å². The van der Waals surface area contributed by atoms with Crippen LogP contribution in [0.1, 0.15) is 24.2 Å². The number of likely N-dealkylation sites (N-methyl/N-ethyl adjacent to an activating group) is 1. The minimum atomic E-state index is 0.117. The van der Waals surface area contributed by atoms with Crippen molar-refractivity contribution in [3.05, 3.63) is 50.6 Å². The number of ether oxygens (including phenoxy) is 1. The van der Waals surface area contributed by atoms with E-state index >= 15 is 0 Å². The van der Waals surface area contributed by atoms with Crippen molar-refractivity contribution in [1.82, 2.24) is 9.47 Å². The van der Waals surface area contributed by atoms with E-state index in [1.165, 1.54) is 11.3 Å². The molecule has 21 heavy (non-hydrogen) atoms. The minimum Gasteiger partial charge on any atom is -0.496 e. The van der Waals surface area contributed by atoms with Gasteiger partial charge in [-0.15, -0.1) is 0 Å². The molecule has 0 N–H and O–H groups in total. The highest BCUT2D eigenvalue weighted by molar-refractivity contribution is 7.07. The minimum absolute atomic E-state index is 0.117. The Balaban J connectivity index is 2.06. The molecule has 1 heterocycles. The Hall–Kier alpha value is -1.59. The van der Waals surface area contributed by atoms with Gasteiger partial charge in [-0.05, 0) is 27.0 Å². The summed E-state index contributed by atoms with van der Waals surface area (Å²) in [7, 11) is 3.77. The number of benzene rings is 1. The van der Waals surface area contributed by atoms with Crippen molar-refractivity contribution in [3.63, 3.8) is 0 Å². The molecule has 2 aromatic rings. The van der Waals surface area contributed by atoms with Gasteiger partial charge in [-0.3, -0.25) is 9.69 Å². The lowest BCUT2D eigenvalue weighted by atomic mass is 10.1. The second-order valence-corrected chi connectivity index (χ2v) is 6.01. The number of aromatic nitrogens is 1. The van der Waals surface area contributed by atoms with Gasteiger partial charge in [-0.1, -0.05) is 29.5 Å². The fourth-order valence-corrected chi connectivity index (χ4v) is 3.14. The second kappa shape index (κ2) is 6.91. The molecule has 2 rings (SSSR count). The molecule has 0 fully saturated rings. The Morgan fingerprint density at radius 3 is 2.71 bits per heavy atom. The molecular weight excluding hydrogens is 284 g/mol. The summed E-state index contributed by atoms with van der Waals surface area (Å²) in [4.78, 5) is 14.1. The van der Waals surface area contributed by atoms with E-state index in [9.17, 15) is 4.79 Å². The summed E-state index contributed by atoms with van der Waals surface area (Å²) in [5.74, 6) is 0.903. The number of nitrogens with zero attached hydrogens (tertiary/aromatic N) is 2. The molecule has 0 bridgehead atoms. The zero-order valence-electron chi connectivity index (χ0n) is 13.0. The summed E-state index contributed by atoms with van der Waals surface area (Å²) in [6, 6.07) is 8.30. The van der Waals surface area contributed by atoms with Crippen molar-refractivity contribution in [1.29, 1.82) is 0 Å². The fourth-order valence-electron chi connectivity index (χ4n) is 2.37. The van der Waals surface area contributed by atoms with Gasteiger partial charge in [0, 0.05) is 35.8 Å². The third-order valence-electron chi connectivity index (χ3n) is 3.90. The maximum Gasteiger partial charge on any atom is 0.307 e. The van der Waals surface area contributed by atoms with Crippen molar-refractivity contribution in [2.45, 2.75) is 26.4 Å². The largest absolute Gasteiger partial charge is 0.496 e. The maximum atomic E-state index is 11.7. The summed E-state index contributed by atoms with van der Waals surface area (Å²) in [5.41, 5.74) is 2.19. The van der Waals surface area contributed by atoms with Crippen LogP contribution in [0.3, 0.4) is 0 Å². The first-order valence-corrected chi connectivity index (χ1v) is 7.90. The van der Waals surface area contributed by atoms with Gasteiger partial charge in [-0.2, -0.15) is 0 Å². The van der Waals surface area contributed by atoms with Crippen LogP contribution in [-0.4, -0.2) is 30.2 Å². The topological polar surface area (TPSA) is 34.5 Å². The van der Waals surface area contributed by atoms with Crippen LogP contribution in [-0.2, 0) is 6.54 Å². The first-order valence-electron chi connectivity index (χ1n) is 7.02. The second-order valence-electron chi connectivity index (χ2n) is 5.19. The molecule has 0 saturated carbocycles. The fraction of sp³-hybridized carbons (Fsp3) is 0.438.